The molecule has 1 saturated heterocycles. The Morgan fingerprint density at radius 3 is 2.41 bits per heavy atom. The van der Waals surface area contributed by atoms with Crippen LogP contribution in [0.5, 0.6) is 0 Å². The highest BCUT2D eigenvalue weighted by Crippen LogP contribution is 2.23. The number of ketones is 1. The molecule has 2 heterocycles. The van der Waals surface area contributed by atoms with Gasteiger partial charge in [0.1, 0.15) is 0 Å². The van der Waals surface area contributed by atoms with Crippen LogP contribution in [0.15, 0.2) is 73.3 Å². The summed E-state index contributed by atoms with van der Waals surface area (Å²) < 4.78 is 1.94. The second-order valence-corrected chi connectivity index (χ2v) is 7.23. The number of piperidine rings is 1. The molecule has 0 radical (unpaired) electrons. The highest BCUT2D eigenvalue weighted by molar-refractivity contribution is 5.98. The Morgan fingerprint density at radius 1 is 1.00 bits per heavy atom. The minimum Gasteiger partial charge on any atom is -0.306 e. The summed E-state index contributed by atoms with van der Waals surface area (Å²) in [6, 6.07) is 18.5. The number of benzene rings is 2. The Hall–Kier alpha value is -2.72. The fraction of sp³-hybridized carbons (Fsp3) is 0.304. The van der Waals surface area contributed by atoms with E-state index in [1.165, 1.54) is 5.56 Å². The van der Waals surface area contributed by atoms with Gasteiger partial charge in [0.05, 0.1) is 6.33 Å². The summed E-state index contributed by atoms with van der Waals surface area (Å²) in [7, 11) is 0. The summed E-state index contributed by atoms with van der Waals surface area (Å²) in [5, 5.41) is 0. The Bertz CT molecular complexity index is 848. The van der Waals surface area contributed by atoms with Crippen molar-refractivity contribution in [1.29, 1.82) is 0 Å². The molecule has 0 spiro atoms. The molecule has 0 amide bonds. The van der Waals surface area contributed by atoms with Crippen LogP contribution in [0.1, 0.15) is 28.8 Å². The lowest BCUT2D eigenvalue weighted by Gasteiger charge is -2.31. The van der Waals surface area contributed by atoms with Crippen LogP contribution in [0.2, 0.25) is 0 Å². The molecule has 4 rings (SSSR count). The SMILES string of the molecule is O=C(c1ccc(-n2ccnc2)cc1)C1CCN(CCc2ccccc2)CC1. The molecule has 4 heteroatoms. The molecule has 0 atom stereocenters. The fourth-order valence-electron chi connectivity index (χ4n) is 3.80. The molecule has 0 N–H and O–H groups in total. The molecule has 3 aromatic rings. The number of hydrogen-bond acceptors (Lipinski definition) is 3. The predicted octanol–water partition coefficient (Wildman–Crippen LogP) is 4.01. The van der Waals surface area contributed by atoms with E-state index in [0.29, 0.717) is 0 Å². The molecule has 27 heavy (non-hydrogen) atoms. The van der Waals surface area contributed by atoms with Crippen molar-refractivity contribution in [3.05, 3.63) is 84.4 Å². The van der Waals surface area contributed by atoms with Crippen LogP contribution in [0.4, 0.5) is 0 Å². The topological polar surface area (TPSA) is 38.1 Å². The van der Waals surface area contributed by atoms with E-state index in [9.17, 15) is 4.79 Å². The summed E-state index contributed by atoms with van der Waals surface area (Å²) in [5.41, 5.74) is 3.23. The number of nitrogens with zero attached hydrogens (tertiary/aromatic N) is 3. The van der Waals surface area contributed by atoms with Crippen LogP contribution in [-0.4, -0.2) is 39.9 Å². The Kier molecular flexibility index (Phi) is 5.45. The molecular weight excluding hydrogens is 334 g/mol. The highest BCUT2D eigenvalue weighted by atomic mass is 16.1. The van der Waals surface area contributed by atoms with E-state index < -0.39 is 0 Å². The first-order valence-electron chi connectivity index (χ1n) is 9.68. The van der Waals surface area contributed by atoms with Crippen LogP contribution in [0.3, 0.4) is 0 Å². The summed E-state index contributed by atoms with van der Waals surface area (Å²) >= 11 is 0. The maximum atomic E-state index is 12.8. The Labute approximate surface area is 160 Å². The van der Waals surface area contributed by atoms with Gasteiger partial charge in [-0.15, -0.1) is 0 Å². The zero-order valence-electron chi connectivity index (χ0n) is 15.5. The first-order valence-corrected chi connectivity index (χ1v) is 9.68. The lowest BCUT2D eigenvalue weighted by molar-refractivity contribution is 0.0841. The number of rotatable bonds is 6. The fourth-order valence-corrected chi connectivity index (χ4v) is 3.80. The third kappa shape index (κ3) is 4.34. The monoisotopic (exact) mass is 359 g/mol. The van der Waals surface area contributed by atoms with Crippen LogP contribution in [0.25, 0.3) is 5.69 Å². The van der Waals surface area contributed by atoms with Crippen LogP contribution >= 0.6 is 0 Å². The molecule has 0 aliphatic carbocycles. The number of likely N-dealkylation sites (tertiary alicyclic amines) is 1. The lowest BCUT2D eigenvalue weighted by Crippen LogP contribution is -2.37. The minimum absolute atomic E-state index is 0.150. The second-order valence-electron chi connectivity index (χ2n) is 7.23. The zero-order valence-corrected chi connectivity index (χ0v) is 15.5. The van der Waals surface area contributed by atoms with E-state index in [2.05, 4.69) is 40.2 Å². The number of carbonyl (C=O) groups is 1. The van der Waals surface area contributed by atoms with Crippen molar-refractivity contribution in [2.75, 3.05) is 19.6 Å². The molecule has 1 aromatic heterocycles. The Morgan fingerprint density at radius 2 is 1.74 bits per heavy atom. The van der Waals surface area contributed by atoms with E-state index >= 15 is 0 Å². The molecule has 0 bridgehead atoms. The van der Waals surface area contributed by atoms with Crippen molar-refractivity contribution in [2.45, 2.75) is 19.3 Å². The summed E-state index contributed by atoms with van der Waals surface area (Å²) in [4.78, 5) is 19.4. The minimum atomic E-state index is 0.150. The molecular formula is C23H25N3O. The summed E-state index contributed by atoms with van der Waals surface area (Å²) in [6.45, 7) is 3.09. The van der Waals surface area contributed by atoms with Crippen molar-refractivity contribution >= 4 is 5.78 Å². The number of hydrogen-bond donors (Lipinski definition) is 0. The molecule has 1 aliphatic rings. The predicted molar refractivity (Wildman–Crippen MR) is 107 cm³/mol. The van der Waals surface area contributed by atoms with Gasteiger partial charge in [0, 0.05) is 36.1 Å². The van der Waals surface area contributed by atoms with Crippen molar-refractivity contribution in [3.63, 3.8) is 0 Å². The lowest BCUT2D eigenvalue weighted by atomic mass is 9.88. The summed E-state index contributed by atoms with van der Waals surface area (Å²) in [5.74, 6) is 0.437. The van der Waals surface area contributed by atoms with Gasteiger partial charge in [0.15, 0.2) is 5.78 Å². The third-order valence-corrected chi connectivity index (χ3v) is 5.47. The molecule has 1 fully saturated rings. The maximum absolute atomic E-state index is 12.8. The van der Waals surface area contributed by atoms with Crippen molar-refractivity contribution in [1.82, 2.24) is 14.5 Å². The van der Waals surface area contributed by atoms with Crippen molar-refractivity contribution < 1.29 is 4.79 Å². The van der Waals surface area contributed by atoms with Crippen molar-refractivity contribution in [3.8, 4) is 5.69 Å². The molecule has 0 unspecified atom stereocenters. The third-order valence-electron chi connectivity index (χ3n) is 5.47. The van der Waals surface area contributed by atoms with Crippen LogP contribution in [0, 0.1) is 5.92 Å². The van der Waals surface area contributed by atoms with E-state index in [-0.39, 0.29) is 11.7 Å². The van der Waals surface area contributed by atoms with Gasteiger partial charge in [-0.2, -0.15) is 0 Å². The molecule has 2 aromatic carbocycles. The summed E-state index contributed by atoms with van der Waals surface area (Å²) in [6.07, 6.45) is 8.41. The number of aromatic nitrogens is 2. The normalized spacial score (nSPS) is 15.7. The largest absolute Gasteiger partial charge is 0.306 e. The number of imidazole rings is 1. The van der Waals surface area contributed by atoms with Gasteiger partial charge in [-0.3, -0.25) is 4.79 Å². The smallest absolute Gasteiger partial charge is 0.166 e. The molecule has 1 aliphatic heterocycles. The van der Waals surface area contributed by atoms with Gasteiger partial charge in [0.25, 0.3) is 0 Å². The van der Waals surface area contributed by atoms with Crippen molar-refractivity contribution in [2.24, 2.45) is 5.92 Å². The first-order chi connectivity index (χ1) is 13.3. The average Bonchev–Trinajstić information content (AvgIpc) is 3.28. The van der Waals surface area contributed by atoms with Gasteiger partial charge < -0.3 is 9.47 Å². The first kappa shape index (κ1) is 17.7. The van der Waals surface area contributed by atoms with E-state index in [0.717, 1.165) is 50.1 Å². The van der Waals surface area contributed by atoms with Gasteiger partial charge in [-0.1, -0.05) is 30.3 Å². The maximum Gasteiger partial charge on any atom is 0.166 e. The van der Waals surface area contributed by atoms with E-state index in [1.54, 1.807) is 12.5 Å². The number of carbonyl (C=O) groups excluding carboxylic acids is 1. The average molecular weight is 359 g/mol. The highest BCUT2D eigenvalue weighted by Gasteiger charge is 2.25. The van der Waals surface area contributed by atoms with Gasteiger partial charge >= 0.3 is 0 Å². The van der Waals surface area contributed by atoms with E-state index in [4.69, 9.17) is 0 Å². The molecule has 0 saturated carbocycles. The quantitative estimate of drug-likeness (QED) is 0.624. The van der Waals surface area contributed by atoms with Gasteiger partial charge in [0.2, 0.25) is 0 Å². The van der Waals surface area contributed by atoms with Gasteiger partial charge in [-0.25, -0.2) is 4.98 Å². The standard InChI is InChI=1S/C23H25N3O/c27-23(20-6-8-22(9-7-20)26-17-13-24-18-26)21-11-15-25(16-12-21)14-10-19-4-2-1-3-5-19/h1-9,13,17-18,21H,10-12,14-16H2. The van der Waals surface area contributed by atoms with Crippen LogP contribution < -0.4 is 0 Å². The molecule has 138 valence electrons. The second kappa shape index (κ2) is 8.31. The molecule has 4 nitrogen and oxygen atoms in total. The Balaban J connectivity index is 1.29. The number of Topliss-reactive ketones (excluding diaryl/α,β-unsaturated/α-hetero) is 1. The van der Waals surface area contributed by atoms with Crippen LogP contribution in [-0.2, 0) is 6.42 Å². The van der Waals surface area contributed by atoms with E-state index in [1.807, 2.05) is 35.0 Å². The van der Waals surface area contributed by atoms with Gasteiger partial charge in [-0.05, 0) is 62.2 Å². The zero-order chi connectivity index (χ0) is 18.5.